The van der Waals surface area contributed by atoms with Gasteiger partial charge < -0.3 is 9.47 Å². The van der Waals surface area contributed by atoms with E-state index >= 15 is 0 Å². The summed E-state index contributed by atoms with van der Waals surface area (Å²) < 4.78 is 11.0. The fraction of sp³-hybridized carbons (Fsp3) is 0.739. The summed E-state index contributed by atoms with van der Waals surface area (Å²) in [5.74, 6) is 3.80. The van der Waals surface area contributed by atoms with Crippen LogP contribution in [0.2, 0.25) is 0 Å². The molecule has 1 aliphatic carbocycles. The molecule has 1 aliphatic rings. The Morgan fingerprint density at radius 3 is 1.92 bits per heavy atom. The maximum atomic E-state index is 5.85. The normalized spacial score (nSPS) is 20.4. The van der Waals surface area contributed by atoms with Crippen LogP contribution in [0.15, 0.2) is 24.3 Å². The van der Waals surface area contributed by atoms with Gasteiger partial charge in [-0.15, -0.1) is 0 Å². The van der Waals surface area contributed by atoms with Crippen molar-refractivity contribution in [2.24, 2.45) is 11.8 Å². The van der Waals surface area contributed by atoms with Crippen molar-refractivity contribution < 1.29 is 9.47 Å². The maximum absolute atomic E-state index is 5.85. The summed E-state index contributed by atoms with van der Waals surface area (Å²) in [5, 5.41) is 0. The summed E-state index contributed by atoms with van der Waals surface area (Å²) in [6.45, 7) is 3.13. The fourth-order valence-electron chi connectivity index (χ4n) is 4.08. The molecule has 2 rings (SSSR count). The molecule has 2 heteroatoms. The van der Waals surface area contributed by atoms with Crippen molar-refractivity contribution in [2.45, 2.75) is 84.0 Å². The van der Waals surface area contributed by atoms with E-state index in [0.29, 0.717) is 0 Å². The Morgan fingerprint density at radius 2 is 1.32 bits per heavy atom. The smallest absolute Gasteiger partial charge is 0.119 e. The topological polar surface area (TPSA) is 18.5 Å². The molecule has 2 nitrogen and oxygen atoms in total. The highest BCUT2D eigenvalue weighted by Crippen LogP contribution is 2.34. The third-order valence-electron chi connectivity index (χ3n) is 5.77. The standard InChI is InChI=1S/C23H38O2/c1-3-4-5-6-7-9-20-11-13-21(14-12-20)10-8-19-25-23-17-15-22(24-2)16-18-23/h15-18,20-21H,3-14,19H2,1-2H3/t20-,21-. The fourth-order valence-corrected chi connectivity index (χ4v) is 4.08. The Balaban J connectivity index is 1.49. The van der Waals surface area contributed by atoms with Gasteiger partial charge >= 0.3 is 0 Å². The Bertz CT molecular complexity index is 432. The Hall–Kier alpha value is -1.18. The van der Waals surface area contributed by atoms with Gasteiger partial charge in [-0.1, -0.05) is 71.1 Å². The second-order valence-electron chi connectivity index (χ2n) is 7.76. The number of unbranched alkanes of at least 4 members (excludes halogenated alkanes) is 4. The Labute approximate surface area is 155 Å². The summed E-state index contributed by atoms with van der Waals surface area (Å²) in [6.07, 6.45) is 17.0. The molecule has 0 saturated heterocycles. The van der Waals surface area contributed by atoms with E-state index in [2.05, 4.69) is 6.92 Å². The van der Waals surface area contributed by atoms with Gasteiger partial charge in [0.15, 0.2) is 0 Å². The van der Waals surface area contributed by atoms with E-state index in [9.17, 15) is 0 Å². The van der Waals surface area contributed by atoms with E-state index in [-0.39, 0.29) is 0 Å². The minimum Gasteiger partial charge on any atom is -0.497 e. The van der Waals surface area contributed by atoms with Crippen molar-refractivity contribution in [3.05, 3.63) is 24.3 Å². The molecule has 0 bridgehead atoms. The largest absolute Gasteiger partial charge is 0.497 e. The van der Waals surface area contributed by atoms with Crippen LogP contribution in [-0.2, 0) is 0 Å². The van der Waals surface area contributed by atoms with E-state index in [1.165, 1.54) is 77.0 Å². The summed E-state index contributed by atoms with van der Waals surface area (Å²) in [7, 11) is 1.69. The average Bonchev–Trinajstić information content (AvgIpc) is 2.66. The van der Waals surface area contributed by atoms with Gasteiger partial charge in [0.25, 0.3) is 0 Å². The molecule has 1 fully saturated rings. The van der Waals surface area contributed by atoms with Crippen molar-refractivity contribution in [1.29, 1.82) is 0 Å². The van der Waals surface area contributed by atoms with Crippen LogP contribution in [0.1, 0.15) is 84.0 Å². The van der Waals surface area contributed by atoms with Crippen LogP contribution in [0.3, 0.4) is 0 Å². The number of ether oxygens (including phenoxy) is 2. The maximum Gasteiger partial charge on any atom is 0.119 e. The number of benzene rings is 1. The SMILES string of the molecule is CCCCCCC[C@H]1CC[C@H](CCCOc2ccc(OC)cc2)CC1. The third kappa shape index (κ3) is 8.16. The van der Waals surface area contributed by atoms with Crippen molar-refractivity contribution in [3.8, 4) is 11.5 Å². The van der Waals surface area contributed by atoms with Crippen LogP contribution < -0.4 is 9.47 Å². The molecule has 0 spiro atoms. The van der Waals surface area contributed by atoms with Crippen LogP contribution in [0.25, 0.3) is 0 Å². The molecule has 0 radical (unpaired) electrons. The quantitative estimate of drug-likeness (QED) is 0.378. The zero-order valence-corrected chi connectivity index (χ0v) is 16.5. The first-order valence-corrected chi connectivity index (χ1v) is 10.6. The molecular weight excluding hydrogens is 308 g/mol. The minimum absolute atomic E-state index is 0.837. The van der Waals surface area contributed by atoms with Gasteiger partial charge in [0.05, 0.1) is 13.7 Å². The van der Waals surface area contributed by atoms with Crippen LogP contribution in [0.4, 0.5) is 0 Å². The molecule has 0 N–H and O–H groups in total. The summed E-state index contributed by atoms with van der Waals surface area (Å²) in [6, 6.07) is 7.90. The molecule has 1 aromatic rings. The molecule has 1 aromatic carbocycles. The Kier molecular flexibility index (Phi) is 9.84. The van der Waals surface area contributed by atoms with Gasteiger partial charge in [0.1, 0.15) is 11.5 Å². The molecule has 0 aromatic heterocycles. The van der Waals surface area contributed by atoms with E-state index in [1.54, 1.807) is 7.11 Å². The highest BCUT2D eigenvalue weighted by Gasteiger charge is 2.20. The van der Waals surface area contributed by atoms with Gasteiger partial charge in [-0.3, -0.25) is 0 Å². The first-order chi connectivity index (χ1) is 12.3. The molecule has 0 heterocycles. The molecule has 0 aliphatic heterocycles. The molecule has 142 valence electrons. The highest BCUT2D eigenvalue weighted by atomic mass is 16.5. The predicted molar refractivity (Wildman–Crippen MR) is 107 cm³/mol. The average molecular weight is 347 g/mol. The van der Waals surface area contributed by atoms with E-state index in [1.807, 2.05) is 24.3 Å². The molecule has 1 saturated carbocycles. The molecule has 0 unspecified atom stereocenters. The lowest BCUT2D eigenvalue weighted by molar-refractivity contribution is 0.228. The van der Waals surface area contributed by atoms with Gasteiger partial charge in [0.2, 0.25) is 0 Å². The van der Waals surface area contributed by atoms with Crippen LogP contribution in [-0.4, -0.2) is 13.7 Å². The second-order valence-corrected chi connectivity index (χ2v) is 7.76. The number of hydrogen-bond donors (Lipinski definition) is 0. The number of rotatable bonds is 12. The summed E-state index contributed by atoms with van der Waals surface area (Å²) >= 11 is 0. The lowest BCUT2D eigenvalue weighted by Crippen LogP contribution is -2.15. The van der Waals surface area contributed by atoms with Crippen LogP contribution in [0.5, 0.6) is 11.5 Å². The molecule has 25 heavy (non-hydrogen) atoms. The van der Waals surface area contributed by atoms with Gasteiger partial charge in [-0.2, -0.15) is 0 Å². The van der Waals surface area contributed by atoms with Crippen molar-refractivity contribution in [1.82, 2.24) is 0 Å². The first kappa shape index (κ1) is 20.1. The van der Waals surface area contributed by atoms with E-state index < -0.39 is 0 Å². The molecule has 0 amide bonds. The Morgan fingerprint density at radius 1 is 0.760 bits per heavy atom. The lowest BCUT2D eigenvalue weighted by Gasteiger charge is -2.28. The zero-order valence-electron chi connectivity index (χ0n) is 16.5. The monoisotopic (exact) mass is 346 g/mol. The van der Waals surface area contributed by atoms with E-state index in [4.69, 9.17) is 9.47 Å². The lowest BCUT2D eigenvalue weighted by atomic mass is 9.78. The van der Waals surface area contributed by atoms with Crippen molar-refractivity contribution in [3.63, 3.8) is 0 Å². The zero-order chi connectivity index (χ0) is 17.7. The van der Waals surface area contributed by atoms with Crippen LogP contribution in [0, 0.1) is 11.8 Å². The van der Waals surface area contributed by atoms with E-state index in [0.717, 1.165) is 29.9 Å². The van der Waals surface area contributed by atoms with Crippen molar-refractivity contribution >= 4 is 0 Å². The minimum atomic E-state index is 0.837. The molecular formula is C23H38O2. The number of hydrogen-bond acceptors (Lipinski definition) is 2. The van der Waals surface area contributed by atoms with Gasteiger partial charge in [-0.25, -0.2) is 0 Å². The summed E-state index contributed by atoms with van der Waals surface area (Å²) in [4.78, 5) is 0. The van der Waals surface area contributed by atoms with Gasteiger partial charge in [0, 0.05) is 0 Å². The first-order valence-electron chi connectivity index (χ1n) is 10.6. The summed E-state index contributed by atoms with van der Waals surface area (Å²) in [5.41, 5.74) is 0. The second kappa shape index (κ2) is 12.2. The van der Waals surface area contributed by atoms with Crippen molar-refractivity contribution in [2.75, 3.05) is 13.7 Å². The van der Waals surface area contributed by atoms with Crippen LogP contribution >= 0.6 is 0 Å². The highest BCUT2D eigenvalue weighted by molar-refractivity contribution is 5.31. The number of methoxy groups -OCH3 is 1. The molecule has 0 atom stereocenters. The predicted octanol–water partition coefficient (Wildman–Crippen LogP) is 7.02. The van der Waals surface area contributed by atoms with Gasteiger partial charge in [-0.05, 0) is 48.9 Å². The third-order valence-corrected chi connectivity index (χ3v) is 5.77.